The summed E-state index contributed by atoms with van der Waals surface area (Å²) in [6.07, 6.45) is 2.71. The van der Waals surface area contributed by atoms with Crippen molar-refractivity contribution in [2.45, 2.75) is 20.3 Å². The fraction of sp³-hybridized carbons (Fsp3) is 0.160. The first kappa shape index (κ1) is 18.1. The average molecular weight is 369 g/mol. The molecule has 0 radical (unpaired) electrons. The van der Waals surface area contributed by atoms with Gasteiger partial charge in [0.05, 0.1) is 12.1 Å². The number of aromatic amines is 1. The number of aryl methyl sites for hydroxylation is 1. The fourth-order valence-corrected chi connectivity index (χ4v) is 3.38. The second-order valence-corrected chi connectivity index (χ2v) is 7.01. The predicted octanol–water partition coefficient (Wildman–Crippen LogP) is 5.96. The molecule has 0 saturated carbocycles. The van der Waals surface area contributed by atoms with Gasteiger partial charge in [-0.2, -0.15) is 0 Å². The van der Waals surface area contributed by atoms with Gasteiger partial charge in [0.15, 0.2) is 5.43 Å². The van der Waals surface area contributed by atoms with Crippen molar-refractivity contribution in [2.75, 3.05) is 6.61 Å². The van der Waals surface area contributed by atoms with Crippen LogP contribution in [0.3, 0.4) is 0 Å². The molecular formula is C25H23NO2. The van der Waals surface area contributed by atoms with Crippen LogP contribution in [-0.2, 0) is 0 Å². The molecule has 0 spiro atoms. The van der Waals surface area contributed by atoms with E-state index >= 15 is 0 Å². The molecule has 140 valence electrons. The van der Waals surface area contributed by atoms with E-state index in [4.69, 9.17) is 4.74 Å². The number of H-pyrrole nitrogens is 1. The van der Waals surface area contributed by atoms with Crippen LogP contribution < -0.4 is 10.2 Å². The quantitative estimate of drug-likeness (QED) is 0.472. The van der Waals surface area contributed by atoms with Crippen LogP contribution in [0, 0.1) is 6.92 Å². The predicted molar refractivity (Wildman–Crippen MR) is 116 cm³/mol. The van der Waals surface area contributed by atoms with Gasteiger partial charge in [0.2, 0.25) is 0 Å². The Bertz CT molecular complexity index is 1170. The van der Waals surface area contributed by atoms with E-state index in [0.717, 1.165) is 34.4 Å². The minimum absolute atomic E-state index is 0.0109. The highest BCUT2D eigenvalue weighted by molar-refractivity contribution is 5.88. The molecule has 28 heavy (non-hydrogen) atoms. The molecule has 0 saturated heterocycles. The molecule has 0 amide bonds. The lowest BCUT2D eigenvalue weighted by atomic mass is 9.98. The molecule has 0 aliphatic heterocycles. The number of pyridine rings is 1. The lowest BCUT2D eigenvalue weighted by Gasteiger charge is -2.10. The minimum Gasteiger partial charge on any atom is -0.491 e. The van der Waals surface area contributed by atoms with E-state index in [2.05, 4.69) is 55.2 Å². The minimum atomic E-state index is 0.0109. The van der Waals surface area contributed by atoms with Crippen LogP contribution in [0.25, 0.3) is 33.2 Å². The summed E-state index contributed by atoms with van der Waals surface area (Å²) in [5.41, 5.74) is 5.79. The molecule has 0 bridgehead atoms. The third-order valence-corrected chi connectivity index (χ3v) is 4.90. The molecule has 0 atom stereocenters. The van der Waals surface area contributed by atoms with Gasteiger partial charge in [-0.05, 0) is 48.2 Å². The number of aromatic nitrogens is 1. The van der Waals surface area contributed by atoms with Crippen molar-refractivity contribution in [3.05, 3.63) is 88.7 Å². The zero-order chi connectivity index (χ0) is 19.5. The van der Waals surface area contributed by atoms with Crippen LogP contribution in [0.15, 0.2) is 77.7 Å². The zero-order valence-corrected chi connectivity index (χ0v) is 16.2. The van der Waals surface area contributed by atoms with E-state index in [1.165, 1.54) is 5.56 Å². The summed E-state index contributed by atoms with van der Waals surface area (Å²) < 4.78 is 5.79. The maximum atomic E-state index is 13.2. The Morgan fingerprint density at radius 3 is 2.43 bits per heavy atom. The van der Waals surface area contributed by atoms with Crippen LogP contribution in [-0.4, -0.2) is 11.6 Å². The number of benzene rings is 3. The summed E-state index contributed by atoms with van der Waals surface area (Å²) in [7, 11) is 0. The van der Waals surface area contributed by atoms with Crippen LogP contribution in [0.4, 0.5) is 0 Å². The number of fused-ring (bicyclic) bond motifs is 1. The Balaban J connectivity index is 1.79. The first-order chi connectivity index (χ1) is 13.7. The van der Waals surface area contributed by atoms with Crippen molar-refractivity contribution < 1.29 is 4.74 Å². The number of nitrogens with one attached hydrogen (secondary N) is 1. The zero-order valence-electron chi connectivity index (χ0n) is 16.2. The van der Waals surface area contributed by atoms with Crippen molar-refractivity contribution in [3.63, 3.8) is 0 Å². The van der Waals surface area contributed by atoms with E-state index in [0.29, 0.717) is 17.6 Å². The first-order valence-corrected chi connectivity index (χ1v) is 9.62. The maximum absolute atomic E-state index is 13.2. The molecular weight excluding hydrogens is 346 g/mol. The molecule has 3 aromatic carbocycles. The van der Waals surface area contributed by atoms with Gasteiger partial charge in [-0.15, -0.1) is 0 Å². The lowest BCUT2D eigenvalue weighted by molar-refractivity contribution is 0.320. The van der Waals surface area contributed by atoms with E-state index < -0.39 is 0 Å². The Labute approximate surface area is 164 Å². The van der Waals surface area contributed by atoms with Crippen molar-refractivity contribution in [1.82, 2.24) is 4.98 Å². The Morgan fingerprint density at radius 1 is 0.893 bits per heavy atom. The summed E-state index contributed by atoms with van der Waals surface area (Å²) in [5.74, 6) is 0.719. The van der Waals surface area contributed by atoms with Crippen molar-refractivity contribution >= 4 is 10.9 Å². The van der Waals surface area contributed by atoms with Crippen molar-refractivity contribution in [1.29, 1.82) is 0 Å². The van der Waals surface area contributed by atoms with Gasteiger partial charge in [0.1, 0.15) is 5.75 Å². The Hall–Kier alpha value is -3.33. The van der Waals surface area contributed by atoms with Gasteiger partial charge in [0.25, 0.3) is 0 Å². The normalized spacial score (nSPS) is 10.9. The topological polar surface area (TPSA) is 42.1 Å². The van der Waals surface area contributed by atoms with Crippen LogP contribution in [0.1, 0.15) is 18.9 Å². The number of rotatable bonds is 5. The molecule has 4 aromatic rings. The molecule has 1 N–H and O–H groups in total. The summed E-state index contributed by atoms with van der Waals surface area (Å²) in [5, 5.41) is 0.645. The Morgan fingerprint density at radius 2 is 1.64 bits per heavy atom. The summed E-state index contributed by atoms with van der Waals surface area (Å²) in [6, 6.07) is 22.1. The Kier molecular flexibility index (Phi) is 4.98. The molecule has 1 heterocycles. The van der Waals surface area contributed by atoms with Gasteiger partial charge >= 0.3 is 0 Å². The van der Waals surface area contributed by atoms with Crippen LogP contribution >= 0.6 is 0 Å². The second-order valence-electron chi connectivity index (χ2n) is 7.01. The van der Waals surface area contributed by atoms with Crippen LogP contribution in [0.2, 0.25) is 0 Å². The maximum Gasteiger partial charge on any atom is 0.197 e. The molecule has 0 aliphatic carbocycles. The highest BCUT2D eigenvalue weighted by atomic mass is 16.5. The number of ether oxygens (including phenoxy) is 1. The molecule has 4 rings (SSSR count). The summed E-state index contributed by atoms with van der Waals surface area (Å²) >= 11 is 0. The number of para-hydroxylation sites is 1. The highest BCUT2D eigenvalue weighted by Gasteiger charge is 2.11. The van der Waals surface area contributed by atoms with E-state index in [9.17, 15) is 4.79 Å². The van der Waals surface area contributed by atoms with Gasteiger partial charge in [-0.25, -0.2) is 0 Å². The third kappa shape index (κ3) is 3.44. The molecule has 3 heteroatoms. The lowest BCUT2D eigenvalue weighted by Crippen LogP contribution is -2.07. The van der Waals surface area contributed by atoms with Crippen molar-refractivity contribution in [2.24, 2.45) is 0 Å². The van der Waals surface area contributed by atoms with Gasteiger partial charge in [-0.3, -0.25) is 4.79 Å². The van der Waals surface area contributed by atoms with Crippen LogP contribution in [0.5, 0.6) is 5.75 Å². The largest absolute Gasteiger partial charge is 0.491 e. The van der Waals surface area contributed by atoms with Gasteiger partial charge < -0.3 is 9.72 Å². The third-order valence-electron chi connectivity index (χ3n) is 4.90. The molecule has 1 aromatic heterocycles. The van der Waals surface area contributed by atoms with E-state index in [1.807, 2.05) is 30.3 Å². The van der Waals surface area contributed by atoms with Gasteiger partial charge in [-0.1, -0.05) is 61.0 Å². The number of hydrogen-bond donors (Lipinski definition) is 1. The van der Waals surface area contributed by atoms with E-state index in [-0.39, 0.29) is 5.43 Å². The SMILES string of the molecule is CCCOc1cccc2c(=O)c(-c3cccc(-c4ccc(C)cc4)c3)c[nH]c12. The second kappa shape index (κ2) is 7.73. The number of hydrogen-bond acceptors (Lipinski definition) is 2. The van der Waals surface area contributed by atoms with Crippen molar-refractivity contribution in [3.8, 4) is 28.0 Å². The molecule has 0 aliphatic rings. The standard InChI is InChI=1S/C25H23NO2/c1-3-14-28-23-9-5-8-21-24(23)26-16-22(25(21)27)20-7-4-6-19(15-20)18-12-10-17(2)11-13-18/h4-13,15-16H,3,14H2,1-2H3,(H,26,27). The smallest absolute Gasteiger partial charge is 0.197 e. The fourth-order valence-electron chi connectivity index (χ4n) is 3.38. The molecule has 0 unspecified atom stereocenters. The first-order valence-electron chi connectivity index (χ1n) is 9.62. The van der Waals surface area contributed by atoms with E-state index in [1.54, 1.807) is 6.20 Å². The monoisotopic (exact) mass is 369 g/mol. The van der Waals surface area contributed by atoms with Gasteiger partial charge in [0, 0.05) is 17.1 Å². The summed E-state index contributed by atoms with van der Waals surface area (Å²) in [4.78, 5) is 16.4. The summed E-state index contributed by atoms with van der Waals surface area (Å²) in [6.45, 7) is 4.77. The average Bonchev–Trinajstić information content (AvgIpc) is 2.73. The highest BCUT2D eigenvalue weighted by Crippen LogP contribution is 2.27. The molecule has 3 nitrogen and oxygen atoms in total. The molecule has 0 fully saturated rings.